The molecule has 1 aromatic rings. The summed E-state index contributed by atoms with van der Waals surface area (Å²) in [5.74, 6) is 0. The Labute approximate surface area is 114 Å². The van der Waals surface area contributed by atoms with E-state index in [0.29, 0.717) is 11.5 Å². The zero-order valence-electron chi connectivity index (χ0n) is 10.6. The highest BCUT2D eigenvalue weighted by atomic mass is 35.5. The van der Waals surface area contributed by atoms with E-state index >= 15 is 0 Å². The number of piperidine rings is 1. The van der Waals surface area contributed by atoms with Gasteiger partial charge in [-0.2, -0.15) is 0 Å². The molecule has 98 valence electrons. The van der Waals surface area contributed by atoms with Crippen molar-refractivity contribution in [1.29, 1.82) is 0 Å². The molecule has 0 amide bonds. The molecule has 0 aromatic heterocycles. The van der Waals surface area contributed by atoms with Crippen LogP contribution in [0, 0.1) is 5.41 Å². The fourth-order valence-corrected chi connectivity index (χ4v) is 3.34. The predicted molar refractivity (Wildman–Crippen MR) is 74.0 cm³/mol. The van der Waals surface area contributed by atoms with Gasteiger partial charge < -0.3 is 10.1 Å². The number of hydrogen-bond acceptors (Lipinski definition) is 2. The van der Waals surface area contributed by atoms with E-state index in [1.807, 2.05) is 12.1 Å². The molecule has 2 heterocycles. The Morgan fingerprint density at radius 2 is 1.94 bits per heavy atom. The number of ether oxygens (including phenoxy) is 1. The van der Waals surface area contributed by atoms with Crippen LogP contribution in [0.25, 0.3) is 0 Å². The van der Waals surface area contributed by atoms with Crippen molar-refractivity contribution >= 4 is 11.6 Å². The van der Waals surface area contributed by atoms with Gasteiger partial charge in [-0.25, -0.2) is 0 Å². The number of hydrogen-bond donors (Lipinski definition) is 1. The molecule has 0 unspecified atom stereocenters. The van der Waals surface area contributed by atoms with Crippen LogP contribution < -0.4 is 5.32 Å². The van der Waals surface area contributed by atoms with Crippen LogP contribution in [0.5, 0.6) is 0 Å². The standard InChI is InChI=1S/C15H20ClNO/c16-13-3-1-12(2-4-13)9-14-10-15(11-18-14)5-7-17-8-6-15/h1-4,14,17H,5-11H2/t14-/m0/s1. The molecule has 0 bridgehead atoms. The van der Waals surface area contributed by atoms with Gasteiger partial charge in [-0.15, -0.1) is 0 Å². The van der Waals surface area contributed by atoms with E-state index in [0.717, 1.165) is 31.1 Å². The van der Waals surface area contributed by atoms with Gasteiger partial charge in [0.05, 0.1) is 12.7 Å². The van der Waals surface area contributed by atoms with Crippen LogP contribution in [0.1, 0.15) is 24.8 Å². The maximum Gasteiger partial charge on any atom is 0.0621 e. The van der Waals surface area contributed by atoms with Crippen LogP contribution in [-0.2, 0) is 11.2 Å². The van der Waals surface area contributed by atoms with Crippen molar-refractivity contribution in [3.63, 3.8) is 0 Å². The summed E-state index contributed by atoms with van der Waals surface area (Å²) < 4.78 is 6.02. The van der Waals surface area contributed by atoms with Gasteiger partial charge in [0, 0.05) is 5.02 Å². The molecular weight excluding hydrogens is 246 g/mol. The monoisotopic (exact) mass is 265 g/mol. The van der Waals surface area contributed by atoms with Gasteiger partial charge in [-0.1, -0.05) is 23.7 Å². The molecule has 1 spiro atoms. The van der Waals surface area contributed by atoms with Crippen molar-refractivity contribution in [2.75, 3.05) is 19.7 Å². The summed E-state index contributed by atoms with van der Waals surface area (Å²) in [6, 6.07) is 8.15. The average Bonchev–Trinajstić information content (AvgIpc) is 2.76. The molecule has 0 saturated carbocycles. The van der Waals surface area contributed by atoms with E-state index in [4.69, 9.17) is 16.3 Å². The van der Waals surface area contributed by atoms with Gasteiger partial charge in [0.1, 0.15) is 0 Å². The van der Waals surface area contributed by atoms with Crippen LogP contribution in [0.15, 0.2) is 24.3 Å². The van der Waals surface area contributed by atoms with E-state index in [1.54, 1.807) is 0 Å². The predicted octanol–water partition coefficient (Wildman–Crippen LogP) is 3.04. The summed E-state index contributed by atoms with van der Waals surface area (Å²) in [6.45, 7) is 3.25. The van der Waals surface area contributed by atoms with Gasteiger partial charge in [-0.3, -0.25) is 0 Å². The highest BCUT2D eigenvalue weighted by Gasteiger charge is 2.40. The summed E-state index contributed by atoms with van der Waals surface area (Å²) in [5, 5.41) is 4.24. The summed E-state index contributed by atoms with van der Waals surface area (Å²) >= 11 is 5.91. The molecule has 1 atom stereocenters. The Bertz CT molecular complexity index is 397. The van der Waals surface area contributed by atoms with Crippen LogP contribution in [-0.4, -0.2) is 25.8 Å². The normalized spacial score (nSPS) is 26.6. The Kier molecular flexibility index (Phi) is 3.60. The molecule has 3 heteroatoms. The molecule has 1 N–H and O–H groups in total. The largest absolute Gasteiger partial charge is 0.377 e. The molecular formula is C15H20ClNO. The minimum absolute atomic E-state index is 0.393. The lowest BCUT2D eigenvalue weighted by molar-refractivity contribution is 0.0867. The second-order valence-electron chi connectivity index (χ2n) is 5.72. The molecule has 18 heavy (non-hydrogen) atoms. The lowest BCUT2D eigenvalue weighted by Crippen LogP contribution is -2.37. The lowest BCUT2D eigenvalue weighted by Gasteiger charge is -2.32. The van der Waals surface area contributed by atoms with Gasteiger partial charge in [0.2, 0.25) is 0 Å². The van der Waals surface area contributed by atoms with Crippen LogP contribution in [0.3, 0.4) is 0 Å². The third kappa shape index (κ3) is 2.71. The minimum atomic E-state index is 0.393. The fraction of sp³-hybridized carbons (Fsp3) is 0.600. The van der Waals surface area contributed by atoms with Gasteiger partial charge >= 0.3 is 0 Å². The number of benzene rings is 1. The van der Waals surface area contributed by atoms with E-state index in [1.165, 1.54) is 24.8 Å². The van der Waals surface area contributed by atoms with Crippen molar-refractivity contribution in [3.05, 3.63) is 34.9 Å². The molecule has 2 saturated heterocycles. The topological polar surface area (TPSA) is 21.3 Å². The molecule has 3 rings (SSSR count). The molecule has 1 aromatic carbocycles. The zero-order valence-corrected chi connectivity index (χ0v) is 11.4. The van der Waals surface area contributed by atoms with Crippen LogP contribution >= 0.6 is 11.6 Å². The first-order chi connectivity index (χ1) is 8.76. The van der Waals surface area contributed by atoms with Gasteiger partial charge in [-0.05, 0) is 61.9 Å². The van der Waals surface area contributed by atoms with Crippen molar-refractivity contribution in [2.24, 2.45) is 5.41 Å². The first-order valence-electron chi connectivity index (χ1n) is 6.83. The van der Waals surface area contributed by atoms with Gasteiger partial charge in [0.25, 0.3) is 0 Å². The third-order valence-corrected chi connectivity index (χ3v) is 4.58. The summed E-state index contributed by atoms with van der Waals surface area (Å²) in [6.07, 6.45) is 5.17. The number of nitrogens with one attached hydrogen (secondary N) is 1. The van der Waals surface area contributed by atoms with E-state index < -0.39 is 0 Å². The second-order valence-corrected chi connectivity index (χ2v) is 6.15. The van der Waals surface area contributed by atoms with E-state index in [-0.39, 0.29) is 0 Å². The Morgan fingerprint density at radius 3 is 2.67 bits per heavy atom. The lowest BCUT2D eigenvalue weighted by atomic mass is 9.77. The van der Waals surface area contributed by atoms with E-state index in [9.17, 15) is 0 Å². The van der Waals surface area contributed by atoms with Crippen molar-refractivity contribution < 1.29 is 4.74 Å². The van der Waals surface area contributed by atoms with Crippen molar-refractivity contribution in [3.8, 4) is 0 Å². The SMILES string of the molecule is Clc1ccc(C[C@H]2CC3(CCNCC3)CO2)cc1. The van der Waals surface area contributed by atoms with Crippen molar-refractivity contribution in [2.45, 2.75) is 31.8 Å². The van der Waals surface area contributed by atoms with Crippen LogP contribution in [0.2, 0.25) is 5.02 Å². The summed E-state index contributed by atoms with van der Waals surface area (Å²) in [7, 11) is 0. The highest BCUT2D eigenvalue weighted by Crippen LogP contribution is 2.41. The Hall–Kier alpha value is -0.570. The summed E-state index contributed by atoms with van der Waals surface area (Å²) in [5.41, 5.74) is 1.79. The number of rotatable bonds is 2. The highest BCUT2D eigenvalue weighted by molar-refractivity contribution is 6.30. The second kappa shape index (κ2) is 5.20. The van der Waals surface area contributed by atoms with E-state index in [2.05, 4.69) is 17.4 Å². The van der Waals surface area contributed by atoms with Crippen LogP contribution in [0.4, 0.5) is 0 Å². The zero-order chi connectivity index (χ0) is 12.4. The fourth-order valence-electron chi connectivity index (χ4n) is 3.22. The average molecular weight is 266 g/mol. The maximum atomic E-state index is 6.02. The van der Waals surface area contributed by atoms with Gasteiger partial charge in [0.15, 0.2) is 0 Å². The third-order valence-electron chi connectivity index (χ3n) is 4.33. The summed E-state index contributed by atoms with van der Waals surface area (Å²) in [4.78, 5) is 0. The molecule has 2 aliphatic rings. The Balaban J connectivity index is 1.60. The first-order valence-corrected chi connectivity index (χ1v) is 7.20. The maximum absolute atomic E-state index is 6.02. The Morgan fingerprint density at radius 1 is 1.22 bits per heavy atom. The molecule has 2 aliphatic heterocycles. The number of halogens is 1. The molecule has 0 radical (unpaired) electrons. The first kappa shape index (κ1) is 12.5. The molecule has 0 aliphatic carbocycles. The quantitative estimate of drug-likeness (QED) is 0.888. The molecule has 2 fully saturated rings. The molecule has 2 nitrogen and oxygen atoms in total. The van der Waals surface area contributed by atoms with Crippen molar-refractivity contribution in [1.82, 2.24) is 5.32 Å². The smallest absolute Gasteiger partial charge is 0.0621 e. The minimum Gasteiger partial charge on any atom is -0.377 e.